The fourth-order valence-electron chi connectivity index (χ4n) is 0.927. The Hall–Kier alpha value is -1.07. The number of thioether (sulfide) groups is 1. The Morgan fingerprint density at radius 1 is 1.73 bits per heavy atom. The third-order valence-electron chi connectivity index (χ3n) is 1.83. The molecule has 1 rings (SSSR count). The first-order valence-corrected chi connectivity index (χ1v) is 5.61. The average molecular weight is 226 g/mol. The number of aliphatic hydroxyl groups is 1. The van der Waals surface area contributed by atoms with Crippen LogP contribution in [0.3, 0.4) is 0 Å². The van der Waals surface area contributed by atoms with Crippen molar-refractivity contribution in [1.29, 1.82) is 0 Å². The van der Waals surface area contributed by atoms with Gasteiger partial charge >= 0.3 is 0 Å². The van der Waals surface area contributed by atoms with Crippen LogP contribution in [0, 0.1) is 5.92 Å². The minimum atomic E-state index is -0.521. The van der Waals surface area contributed by atoms with Gasteiger partial charge in [-0.05, 0) is 18.1 Å². The second kappa shape index (κ2) is 5.72. The summed E-state index contributed by atoms with van der Waals surface area (Å²) in [7, 11) is 0. The van der Waals surface area contributed by atoms with Gasteiger partial charge in [-0.3, -0.25) is 9.78 Å². The highest BCUT2D eigenvalue weighted by Crippen LogP contribution is 2.20. The number of carbonyl (C=O) groups excluding carboxylic acids is 1. The van der Waals surface area contributed by atoms with E-state index in [9.17, 15) is 4.79 Å². The van der Waals surface area contributed by atoms with Gasteiger partial charge in [0.1, 0.15) is 5.69 Å². The van der Waals surface area contributed by atoms with Crippen LogP contribution in [0.15, 0.2) is 23.2 Å². The van der Waals surface area contributed by atoms with Crippen molar-refractivity contribution in [2.45, 2.75) is 11.8 Å². The lowest BCUT2D eigenvalue weighted by Crippen LogP contribution is -2.12. The van der Waals surface area contributed by atoms with E-state index in [4.69, 9.17) is 10.8 Å². The van der Waals surface area contributed by atoms with Crippen LogP contribution in [0.5, 0.6) is 0 Å². The average Bonchev–Trinajstić information content (AvgIpc) is 2.26. The normalized spacial score (nSPS) is 12.4. The first-order valence-electron chi connectivity index (χ1n) is 4.63. The fraction of sp³-hybridized carbons (Fsp3) is 0.400. The van der Waals surface area contributed by atoms with Gasteiger partial charge in [0.25, 0.3) is 5.91 Å². The van der Waals surface area contributed by atoms with Crippen molar-refractivity contribution >= 4 is 17.7 Å². The van der Waals surface area contributed by atoms with Gasteiger partial charge in [0, 0.05) is 23.5 Å². The quantitative estimate of drug-likeness (QED) is 0.731. The van der Waals surface area contributed by atoms with Crippen molar-refractivity contribution in [2.75, 3.05) is 12.4 Å². The summed E-state index contributed by atoms with van der Waals surface area (Å²) in [4.78, 5) is 15.7. The second-order valence-corrected chi connectivity index (χ2v) is 4.43. The number of nitrogens with two attached hydrogens (primary N) is 1. The van der Waals surface area contributed by atoms with Gasteiger partial charge in [-0.25, -0.2) is 0 Å². The molecular weight excluding hydrogens is 212 g/mol. The molecule has 4 nitrogen and oxygen atoms in total. The lowest BCUT2D eigenvalue weighted by Gasteiger charge is -2.07. The van der Waals surface area contributed by atoms with Gasteiger partial charge < -0.3 is 10.8 Å². The third kappa shape index (κ3) is 3.89. The number of nitrogens with zero attached hydrogens (tertiary/aromatic N) is 1. The molecule has 5 heteroatoms. The Morgan fingerprint density at radius 2 is 2.47 bits per heavy atom. The molecule has 0 spiro atoms. The van der Waals surface area contributed by atoms with Crippen LogP contribution in [0.4, 0.5) is 0 Å². The smallest absolute Gasteiger partial charge is 0.267 e. The van der Waals surface area contributed by atoms with E-state index in [-0.39, 0.29) is 18.2 Å². The standard InChI is InChI=1S/C10H14N2O2S/c1-7(5-13)6-15-8-2-3-12-9(4-8)10(11)14/h2-4,7,13H,5-6H2,1H3,(H2,11,14). The molecule has 0 saturated carbocycles. The van der Waals surface area contributed by atoms with Crippen molar-refractivity contribution in [1.82, 2.24) is 4.98 Å². The summed E-state index contributed by atoms with van der Waals surface area (Å²) in [5, 5.41) is 8.86. The maximum Gasteiger partial charge on any atom is 0.267 e. The van der Waals surface area contributed by atoms with Crippen LogP contribution in [0.2, 0.25) is 0 Å². The van der Waals surface area contributed by atoms with E-state index in [1.54, 1.807) is 24.0 Å². The summed E-state index contributed by atoms with van der Waals surface area (Å²) in [6.07, 6.45) is 1.56. The number of aromatic nitrogens is 1. The first-order chi connectivity index (χ1) is 7.13. The molecule has 0 aliphatic carbocycles. The molecule has 3 N–H and O–H groups in total. The number of pyridine rings is 1. The lowest BCUT2D eigenvalue weighted by atomic mass is 10.2. The molecule has 82 valence electrons. The molecule has 1 aromatic heterocycles. The SMILES string of the molecule is CC(CO)CSc1ccnc(C(N)=O)c1. The Balaban J connectivity index is 2.62. The monoisotopic (exact) mass is 226 g/mol. The minimum Gasteiger partial charge on any atom is -0.396 e. The van der Waals surface area contributed by atoms with Crippen molar-refractivity contribution in [3.63, 3.8) is 0 Å². The molecule has 1 amide bonds. The van der Waals surface area contributed by atoms with Gasteiger partial charge in [-0.15, -0.1) is 11.8 Å². The molecule has 1 unspecified atom stereocenters. The molecule has 0 fully saturated rings. The largest absolute Gasteiger partial charge is 0.396 e. The van der Waals surface area contributed by atoms with Crippen LogP contribution in [-0.2, 0) is 0 Å². The van der Waals surface area contributed by atoms with E-state index >= 15 is 0 Å². The summed E-state index contributed by atoms with van der Waals surface area (Å²) in [6, 6.07) is 3.48. The zero-order valence-corrected chi connectivity index (χ0v) is 9.33. The molecule has 0 radical (unpaired) electrons. The summed E-state index contributed by atoms with van der Waals surface area (Å²) in [5.74, 6) is 0.520. The van der Waals surface area contributed by atoms with Crippen LogP contribution < -0.4 is 5.73 Å². The molecule has 1 aromatic rings. The fourth-order valence-corrected chi connectivity index (χ4v) is 1.86. The van der Waals surface area contributed by atoms with E-state index in [0.717, 1.165) is 10.6 Å². The molecule has 0 aliphatic heterocycles. The predicted octanol–water partition coefficient (Wildman–Crippen LogP) is 0.901. The highest BCUT2D eigenvalue weighted by molar-refractivity contribution is 7.99. The highest BCUT2D eigenvalue weighted by atomic mass is 32.2. The number of hydrogen-bond donors (Lipinski definition) is 2. The zero-order chi connectivity index (χ0) is 11.3. The first kappa shape index (κ1) is 12.0. The van der Waals surface area contributed by atoms with Gasteiger partial charge in [0.2, 0.25) is 0 Å². The summed E-state index contributed by atoms with van der Waals surface area (Å²) >= 11 is 1.58. The van der Waals surface area contributed by atoms with Crippen molar-refractivity contribution in [3.8, 4) is 0 Å². The number of aliphatic hydroxyl groups excluding tert-OH is 1. The third-order valence-corrected chi connectivity index (χ3v) is 3.15. The maximum absolute atomic E-state index is 10.9. The van der Waals surface area contributed by atoms with E-state index in [2.05, 4.69) is 4.98 Å². The van der Waals surface area contributed by atoms with Crippen LogP contribution in [0.25, 0.3) is 0 Å². The molecule has 15 heavy (non-hydrogen) atoms. The number of rotatable bonds is 5. The maximum atomic E-state index is 10.9. The number of hydrogen-bond acceptors (Lipinski definition) is 4. The Kier molecular flexibility index (Phi) is 4.58. The van der Waals surface area contributed by atoms with Crippen LogP contribution in [0.1, 0.15) is 17.4 Å². The molecule has 0 bridgehead atoms. The predicted molar refractivity (Wildman–Crippen MR) is 59.7 cm³/mol. The molecule has 0 saturated heterocycles. The Labute approximate surface area is 92.9 Å². The molecule has 0 aromatic carbocycles. The van der Waals surface area contributed by atoms with Crippen LogP contribution in [-0.4, -0.2) is 28.4 Å². The summed E-state index contributed by atoms with van der Waals surface area (Å²) < 4.78 is 0. The van der Waals surface area contributed by atoms with Crippen molar-refractivity contribution in [3.05, 3.63) is 24.0 Å². The van der Waals surface area contributed by atoms with E-state index < -0.39 is 5.91 Å². The Morgan fingerprint density at radius 3 is 3.07 bits per heavy atom. The van der Waals surface area contributed by atoms with E-state index in [0.29, 0.717) is 0 Å². The van der Waals surface area contributed by atoms with Crippen LogP contribution >= 0.6 is 11.8 Å². The van der Waals surface area contributed by atoms with E-state index in [1.165, 1.54) is 0 Å². The van der Waals surface area contributed by atoms with Gasteiger partial charge in [0.15, 0.2) is 0 Å². The minimum absolute atomic E-state index is 0.167. The summed E-state index contributed by atoms with van der Waals surface area (Å²) in [5.41, 5.74) is 5.39. The molecule has 1 heterocycles. The molecular formula is C10H14N2O2S. The number of carbonyl (C=O) groups is 1. The Bertz CT molecular complexity index is 344. The van der Waals surface area contributed by atoms with Crippen molar-refractivity contribution < 1.29 is 9.90 Å². The van der Waals surface area contributed by atoms with Gasteiger partial charge in [-0.1, -0.05) is 6.92 Å². The topological polar surface area (TPSA) is 76.2 Å². The van der Waals surface area contributed by atoms with Gasteiger partial charge in [-0.2, -0.15) is 0 Å². The second-order valence-electron chi connectivity index (χ2n) is 3.34. The zero-order valence-electron chi connectivity index (χ0n) is 8.51. The number of primary amides is 1. The summed E-state index contributed by atoms with van der Waals surface area (Å²) in [6.45, 7) is 2.13. The van der Waals surface area contributed by atoms with Gasteiger partial charge in [0.05, 0.1) is 0 Å². The molecule has 1 atom stereocenters. The van der Waals surface area contributed by atoms with E-state index in [1.807, 2.05) is 13.0 Å². The number of amides is 1. The van der Waals surface area contributed by atoms with Crippen molar-refractivity contribution in [2.24, 2.45) is 11.7 Å². The molecule has 0 aliphatic rings. The highest BCUT2D eigenvalue weighted by Gasteiger charge is 2.05. The lowest BCUT2D eigenvalue weighted by molar-refractivity contribution is 0.0995.